The lowest BCUT2D eigenvalue weighted by Crippen LogP contribution is -2.23. The predicted molar refractivity (Wildman–Crippen MR) is 100 cm³/mol. The molecule has 3 heterocycles. The number of aromatic nitrogens is 2. The maximum atomic E-state index is 12.8. The number of carbonyl (C=O) groups is 2. The smallest absolute Gasteiger partial charge is 0.392 e. The molecule has 4 rings (SSSR count). The van der Waals surface area contributed by atoms with E-state index in [1.165, 1.54) is 24.5 Å². The van der Waals surface area contributed by atoms with Gasteiger partial charge in [0.15, 0.2) is 0 Å². The Kier molecular flexibility index (Phi) is 5.93. The molecule has 9 nitrogen and oxygen atoms in total. The van der Waals surface area contributed by atoms with Crippen molar-refractivity contribution >= 4 is 24.1 Å². The first-order chi connectivity index (χ1) is 13.9. The molecular formula is C19H16FN5O4. The number of aliphatic imine (C=N–C) groups is 1. The number of hydrogen-bond acceptors (Lipinski definition) is 7. The SMILES string of the molecule is NC(=O)c1ccncc1.O=C(O)c1nc2c(o1)N=CN(Cc1ccc(F)cc1)C2. The van der Waals surface area contributed by atoms with Crippen LogP contribution in [0, 0.1) is 5.82 Å². The van der Waals surface area contributed by atoms with E-state index in [1.54, 1.807) is 30.6 Å². The lowest BCUT2D eigenvalue weighted by atomic mass is 10.2. The normalized spacial score (nSPS) is 12.0. The van der Waals surface area contributed by atoms with E-state index in [0.717, 1.165) is 5.56 Å². The highest BCUT2D eigenvalue weighted by Gasteiger charge is 2.22. The Morgan fingerprint density at radius 3 is 2.45 bits per heavy atom. The summed E-state index contributed by atoms with van der Waals surface area (Å²) in [6, 6.07) is 9.29. The number of carboxylic acid groups (broad SMARTS) is 1. The Balaban J connectivity index is 0.000000224. The first-order valence-electron chi connectivity index (χ1n) is 8.38. The van der Waals surface area contributed by atoms with Gasteiger partial charge in [-0.05, 0) is 29.8 Å². The number of nitrogens with zero attached hydrogens (tertiary/aromatic N) is 4. The molecule has 148 valence electrons. The van der Waals surface area contributed by atoms with E-state index < -0.39 is 11.9 Å². The molecule has 1 aliphatic heterocycles. The van der Waals surface area contributed by atoms with Crippen molar-refractivity contribution in [1.29, 1.82) is 0 Å². The molecule has 0 saturated carbocycles. The zero-order valence-electron chi connectivity index (χ0n) is 15.0. The number of carboxylic acids is 1. The summed E-state index contributed by atoms with van der Waals surface area (Å²) in [5.74, 6) is -2.07. The van der Waals surface area contributed by atoms with Gasteiger partial charge in [-0.3, -0.25) is 9.78 Å². The molecule has 0 unspecified atom stereocenters. The summed E-state index contributed by atoms with van der Waals surface area (Å²) < 4.78 is 17.8. The largest absolute Gasteiger partial charge is 0.474 e. The van der Waals surface area contributed by atoms with Crippen LogP contribution >= 0.6 is 0 Å². The van der Waals surface area contributed by atoms with Crippen LogP contribution in [0.2, 0.25) is 0 Å². The van der Waals surface area contributed by atoms with Gasteiger partial charge in [0.2, 0.25) is 11.8 Å². The Morgan fingerprint density at radius 1 is 1.17 bits per heavy atom. The van der Waals surface area contributed by atoms with Crippen molar-refractivity contribution in [2.24, 2.45) is 10.7 Å². The van der Waals surface area contributed by atoms with Gasteiger partial charge in [0, 0.05) is 24.5 Å². The first-order valence-corrected chi connectivity index (χ1v) is 8.38. The second kappa shape index (κ2) is 8.74. The summed E-state index contributed by atoms with van der Waals surface area (Å²) in [7, 11) is 0. The average Bonchev–Trinajstić information content (AvgIpc) is 3.15. The van der Waals surface area contributed by atoms with Crippen LogP contribution < -0.4 is 5.73 Å². The molecule has 0 aliphatic carbocycles. The van der Waals surface area contributed by atoms with Gasteiger partial charge in [-0.2, -0.15) is 0 Å². The number of fused-ring (bicyclic) bond motifs is 1. The number of benzene rings is 1. The second-order valence-corrected chi connectivity index (χ2v) is 5.95. The molecule has 3 aromatic rings. The van der Waals surface area contributed by atoms with E-state index in [-0.39, 0.29) is 17.6 Å². The number of nitrogens with two attached hydrogens (primary N) is 1. The van der Waals surface area contributed by atoms with Crippen LogP contribution in [0.4, 0.5) is 10.3 Å². The van der Waals surface area contributed by atoms with Crippen molar-refractivity contribution in [3.8, 4) is 0 Å². The second-order valence-electron chi connectivity index (χ2n) is 5.95. The number of rotatable bonds is 4. The Labute approximate surface area is 164 Å². The average molecular weight is 397 g/mol. The van der Waals surface area contributed by atoms with E-state index in [0.29, 0.717) is 24.3 Å². The molecule has 0 spiro atoms. The lowest BCUT2D eigenvalue weighted by Gasteiger charge is -2.20. The number of aromatic carboxylic acids is 1. The summed E-state index contributed by atoms with van der Waals surface area (Å²) in [4.78, 5) is 34.6. The molecule has 0 bridgehead atoms. The van der Waals surface area contributed by atoms with Crippen molar-refractivity contribution in [1.82, 2.24) is 14.9 Å². The van der Waals surface area contributed by atoms with Gasteiger partial charge in [-0.15, -0.1) is 0 Å². The van der Waals surface area contributed by atoms with E-state index in [2.05, 4.69) is 15.0 Å². The summed E-state index contributed by atoms with van der Waals surface area (Å²) in [6.07, 6.45) is 4.61. The summed E-state index contributed by atoms with van der Waals surface area (Å²) in [5, 5.41) is 8.80. The minimum absolute atomic E-state index is 0.220. The van der Waals surface area contributed by atoms with Gasteiger partial charge in [0.25, 0.3) is 0 Å². The van der Waals surface area contributed by atoms with Crippen LogP contribution in [-0.4, -0.2) is 38.2 Å². The number of halogens is 1. The molecule has 29 heavy (non-hydrogen) atoms. The fourth-order valence-corrected chi connectivity index (χ4v) is 2.44. The molecule has 2 aromatic heterocycles. The maximum Gasteiger partial charge on any atom is 0.392 e. The number of amides is 1. The minimum atomic E-state index is -1.22. The first kappa shape index (κ1) is 19.7. The van der Waals surface area contributed by atoms with E-state index in [9.17, 15) is 14.0 Å². The van der Waals surface area contributed by atoms with Gasteiger partial charge in [0.1, 0.15) is 11.5 Å². The third-order valence-electron chi connectivity index (χ3n) is 3.81. The molecule has 10 heteroatoms. The number of pyridine rings is 1. The number of hydrogen-bond donors (Lipinski definition) is 2. The number of oxazole rings is 1. The van der Waals surface area contributed by atoms with Crippen LogP contribution in [-0.2, 0) is 13.1 Å². The molecule has 3 N–H and O–H groups in total. The van der Waals surface area contributed by atoms with Crippen molar-refractivity contribution in [2.75, 3.05) is 0 Å². The highest BCUT2D eigenvalue weighted by Crippen LogP contribution is 2.25. The number of carbonyl (C=O) groups excluding carboxylic acids is 1. The van der Waals surface area contributed by atoms with Gasteiger partial charge < -0.3 is 20.2 Å². The molecular weight excluding hydrogens is 381 g/mol. The molecule has 1 aliphatic rings. The zero-order chi connectivity index (χ0) is 20.8. The molecule has 1 aromatic carbocycles. The summed E-state index contributed by atoms with van der Waals surface area (Å²) >= 11 is 0. The standard InChI is InChI=1S/C13H10FN3O3.C6H6N2O/c14-9-3-1-8(2-4-9)5-17-6-10-11(15-7-17)20-12(16-10)13(18)19;7-6(9)5-1-3-8-4-2-5/h1-4,7H,5-6H2,(H,18,19);1-4H,(H2,7,9). The molecule has 0 atom stereocenters. The van der Waals surface area contributed by atoms with Crippen LogP contribution in [0.3, 0.4) is 0 Å². The fraction of sp³-hybridized carbons (Fsp3) is 0.105. The quantitative estimate of drug-likeness (QED) is 0.690. The monoisotopic (exact) mass is 397 g/mol. The van der Waals surface area contributed by atoms with Gasteiger partial charge >= 0.3 is 11.9 Å². The molecule has 0 radical (unpaired) electrons. The minimum Gasteiger partial charge on any atom is -0.474 e. The Morgan fingerprint density at radius 2 is 1.86 bits per heavy atom. The fourth-order valence-electron chi connectivity index (χ4n) is 2.44. The zero-order valence-corrected chi connectivity index (χ0v) is 15.0. The molecule has 0 fully saturated rings. The maximum absolute atomic E-state index is 12.8. The lowest BCUT2D eigenvalue weighted by molar-refractivity contribution is 0.0654. The van der Waals surface area contributed by atoms with Crippen molar-refractivity contribution in [3.05, 3.63) is 77.3 Å². The molecule has 1 amide bonds. The highest BCUT2D eigenvalue weighted by atomic mass is 19.1. The summed E-state index contributed by atoms with van der Waals surface area (Å²) in [6.45, 7) is 0.922. The van der Waals surface area contributed by atoms with Crippen molar-refractivity contribution in [2.45, 2.75) is 13.1 Å². The third-order valence-corrected chi connectivity index (χ3v) is 3.81. The van der Waals surface area contributed by atoms with Gasteiger partial charge in [0.05, 0.1) is 12.9 Å². The van der Waals surface area contributed by atoms with E-state index >= 15 is 0 Å². The van der Waals surface area contributed by atoms with Crippen LogP contribution in [0.15, 0.2) is 58.2 Å². The van der Waals surface area contributed by atoms with E-state index in [4.69, 9.17) is 15.3 Å². The summed E-state index contributed by atoms with van der Waals surface area (Å²) in [5.41, 5.74) is 6.84. The van der Waals surface area contributed by atoms with Gasteiger partial charge in [-0.25, -0.2) is 19.2 Å². The number of primary amides is 1. The Bertz CT molecular complexity index is 1030. The topological polar surface area (TPSA) is 135 Å². The van der Waals surface area contributed by atoms with E-state index in [1.807, 2.05) is 4.90 Å². The molecule has 0 saturated heterocycles. The van der Waals surface area contributed by atoms with Crippen LogP contribution in [0.1, 0.15) is 32.3 Å². The Hall–Kier alpha value is -4.08. The van der Waals surface area contributed by atoms with Crippen LogP contribution in [0.5, 0.6) is 0 Å². The third kappa shape index (κ3) is 5.22. The van der Waals surface area contributed by atoms with Crippen molar-refractivity contribution in [3.63, 3.8) is 0 Å². The van der Waals surface area contributed by atoms with Gasteiger partial charge in [-0.1, -0.05) is 12.1 Å². The van der Waals surface area contributed by atoms with Crippen molar-refractivity contribution < 1.29 is 23.5 Å². The highest BCUT2D eigenvalue weighted by molar-refractivity contribution is 5.92. The van der Waals surface area contributed by atoms with Crippen LogP contribution in [0.25, 0.3) is 0 Å². The predicted octanol–water partition coefficient (Wildman–Crippen LogP) is 2.37.